The third kappa shape index (κ3) is 5.19. The highest BCUT2D eigenvalue weighted by Crippen LogP contribution is 2.58. The zero-order chi connectivity index (χ0) is 30.1. The van der Waals surface area contributed by atoms with Crippen LogP contribution in [0.15, 0.2) is 70.7 Å². The maximum Gasteiger partial charge on any atom is 0.253 e. The number of aromatic nitrogens is 3. The summed E-state index contributed by atoms with van der Waals surface area (Å²) in [4.78, 5) is 17.4. The molecule has 2 fully saturated rings. The Bertz CT molecular complexity index is 1760. The zero-order valence-corrected chi connectivity index (χ0v) is 25.9. The first-order valence-electron chi connectivity index (χ1n) is 16.2. The van der Waals surface area contributed by atoms with Crippen molar-refractivity contribution in [3.8, 4) is 5.75 Å². The highest BCUT2D eigenvalue weighted by atomic mass is 32.2. The fourth-order valence-corrected chi connectivity index (χ4v) is 9.40. The average Bonchev–Trinajstić information content (AvgIpc) is 3.69. The number of nitrogens with one attached hydrogen (secondary N) is 2. The Balaban J connectivity index is 1.12. The number of ether oxygens (including phenoxy) is 1. The van der Waals surface area contributed by atoms with Crippen LogP contribution in [-0.2, 0) is 21.8 Å². The van der Waals surface area contributed by atoms with Gasteiger partial charge in [0.2, 0.25) is 9.84 Å². The topological polar surface area (TPSA) is 114 Å². The van der Waals surface area contributed by atoms with E-state index >= 15 is 0 Å². The van der Waals surface area contributed by atoms with Crippen LogP contribution in [0.25, 0.3) is 11.0 Å². The Morgan fingerprint density at radius 1 is 0.932 bits per heavy atom. The summed E-state index contributed by atoms with van der Waals surface area (Å²) in [6, 6.07) is 14.3. The largest absolute Gasteiger partial charge is 0.488 e. The van der Waals surface area contributed by atoms with E-state index in [1.54, 1.807) is 42.6 Å². The summed E-state index contributed by atoms with van der Waals surface area (Å²) in [6.45, 7) is 0.262. The molecule has 0 radical (unpaired) electrons. The van der Waals surface area contributed by atoms with E-state index in [1.807, 2.05) is 6.07 Å². The summed E-state index contributed by atoms with van der Waals surface area (Å²) < 4.78 is 34.9. The molecule has 2 unspecified atom stereocenters. The molecule has 3 aliphatic rings. The molecule has 1 aliphatic heterocycles. The minimum atomic E-state index is -3.82. The predicted molar refractivity (Wildman–Crippen MR) is 168 cm³/mol. The number of nitrogens with zero attached hydrogens (tertiary/aromatic N) is 2. The number of amides is 1. The van der Waals surface area contributed by atoms with E-state index in [-0.39, 0.29) is 33.8 Å². The van der Waals surface area contributed by atoms with Gasteiger partial charge < -0.3 is 10.1 Å². The molecule has 9 heteroatoms. The Kier molecular flexibility index (Phi) is 7.91. The Hall–Kier alpha value is -3.72. The van der Waals surface area contributed by atoms with Crippen LogP contribution in [0.4, 0.5) is 0 Å². The minimum Gasteiger partial charge on any atom is -0.488 e. The van der Waals surface area contributed by atoms with E-state index in [0.29, 0.717) is 22.9 Å². The lowest BCUT2D eigenvalue weighted by Gasteiger charge is -2.44. The number of aromatic amines is 1. The lowest BCUT2D eigenvalue weighted by molar-refractivity contribution is 0.0476. The fourth-order valence-electron chi connectivity index (χ4n) is 7.99. The van der Waals surface area contributed by atoms with E-state index in [9.17, 15) is 13.2 Å². The first-order valence-corrected chi connectivity index (χ1v) is 17.7. The maximum atomic E-state index is 14.1. The van der Waals surface area contributed by atoms with Gasteiger partial charge in [0.15, 0.2) is 5.65 Å². The van der Waals surface area contributed by atoms with Gasteiger partial charge in [0.05, 0.1) is 16.7 Å². The molecule has 0 saturated heterocycles. The van der Waals surface area contributed by atoms with Crippen LogP contribution in [0.5, 0.6) is 5.75 Å². The standard InChI is InChI=1S/C35H40N4O4S/c40-34(26-20-25-23-38-39-33(25)36-22-26)37-21-24-15-17-28(18-16-24)44(41,42)30-13-9-12-29-32(30)43-31-14-7-8-19-35(29,31)27-10-5-3-1-2-4-6-11-27/h9,12-13,15-18,20,22-23,27,31H,1-8,10-11,14,19,21H2,(H,37,40)(H,36,38,39). The molecule has 7 rings (SSSR count). The number of para-hydroxylation sites is 1. The van der Waals surface area contributed by atoms with Crippen LogP contribution >= 0.6 is 0 Å². The van der Waals surface area contributed by atoms with Crippen LogP contribution < -0.4 is 10.1 Å². The number of hydrogen-bond donors (Lipinski definition) is 2. The van der Waals surface area contributed by atoms with Crippen molar-refractivity contribution >= 4 is 26.8 Å². The van der Waals surface area contributed by atoms with Crippen molar-refractivity contribution in [1.29, 1.82) is 0 Å². The first-order chi connectivity index (χ1) is 21.5. The second-order valence-electron chi connectivity index (χ2n) is 12.8. The smallest absolute Gasteiger partial charge is 0.253 e. The third-order valence-electron chi connectivity index (χ3n) is 10.2. The summed E-state index contributed by atoms with van der Waals surface area (Å²) in [5.74, 6) is 0.848. The number of benzene rings is 2. The van der Waals surface area contributed by atoms with Gasteiger partial charge in [-0.1, -0.05) is 69.2 Å². The molecule has 8 nitrogen and oxygen atoms in total. The molecule has 2 aliphatic carbocycles. The van der Waals surface area contributed by atoms with Crippen molar-refractivity contribution in [3.63, 3.8) is 0 Å². The molecule has 4 aromatic rings. The van der Waals surface area contributed by atoms with Crippen LogP contribution in [0.2, 0.25) is 0 Å². The molecular formula is C35H40N4O4S. The van der Waals surface area contributed by atoms with E-state index in [0.717, 1.165) is 35.8 Å². The molecule has 2 aromatic heterocycles. The quantitative estimate of drug-likeness (QED) is 0.241. The Labute approximate surface area is 258 Å². The van der Waals surface area contributed by atoms with Gasteiger partial charge in [-0.3, -0.25) is 9.89 Å². The van der Waals surface area contributed by atoms with Gasteiger partial charge in [0.25, 0.3) is 5.91 Å². The first kappa shape index (κ1) is 29.0. The summed E-state index contributed by atoms with van der Waals surface area (Å²) in [5.41, 5.74) is 2.88. The number of rotatable bonds is 6. The van der Waals surface area contributed by atoms with Crippen molar-refractivity contribution in [1.82, 2.24) is 20.5 Å². The molecule has 0 spiro atoms. The van der Waals surface area contributed by atoms with Gasteiger partial charge in [0, 0.05) is 29.1 Å². The number of H-pyrrole nitrogens is 1. The van der Waals surface area contributed by atoms with E-state index in [2.05, 4.69) is 26.6 Å². The molecule has 2 atom stereocenters. The second-order valence-corrected chi connectivity index (χ2v) is 14.7. The lowest BCUT2D eigenvalue weighted by Crippen LogP contribution is -2.47. The Morgan fingerprint density at radius 3 is 2.48 bits per heavy atom. The normalized spacial score (nSPS) is 22.7. The molecule has 1 amide bonds. The van der Waals surface area contributed by atoms with Crippen LogP contribution in [0, 0.1) is 5.92 Å². The third-order valence-corrected chi connectivity index (χ3v) is 12.0. The van der Waals surface area contributed by atoms with Gasteiger partial charge in [-0.25, -0.2) is 13.4 Å². The molecule has 2 saturated carbocycles. The highest BCUT2D eigenvalue weighted by Gasteiger charge is 2.55. The van der Waals surface area contributed by atoms with Gasteiger partial charge >= 0.3 is 0 Å². The number of fused-ring (bicyclic) bond motifs is 4. The van der Waals surface area contributed by atoms with Crippen molar-refractivity contribution in [2.75, 3.05) is 0 Å². The maximum absolute atomic E-state index is 14.1. The summed E-state index contributed by atoms with van der Waals surface area (Å²) >= 11 is 0. The fraction of sp³-hybridized carbons (Fsp3) is 0.457. The minimum absolute atomic E-state index is 0.0451. The zero-order valence-electron chi connectivity index (χ0n) is 25.1. The van der Waals surface area contributed by atoms with Gasteiger partial charge in [-0.05, 0) is 67.9 Å². The van der Waals surface area contributed by atoms with Gasteiger partial charge in [0.1, 0.15) is 16.7 Å². The number of pyridine rings is 1. The number of carbonyl (C=O) groups excluding carboxylic acids is 1. The molecule has 3 heterocycles. The van der Waals surface area contributed by atoms with Crippen molar-refractivity contribution in [3.05, 3.63) is 77.6 Å². The molecule has 2 N–H and O–H groups in total. The van der Waals surface area contributed by atoms with Crippen molar-refractivity contribution in [2.24, 2.45) is 5.92 Å². The predicted octanol–water partition coefficient (Wildman–Crippen LogP) is 7.04. The van der Waals surface area contributed by atoms with Crippen molar-refractivity contribution < 1.29 is 17.9 Å². The molecule has 230 valence electrons. The van der Waals surface area contributed by atoms with E-state index < -0.39 is 9.84 Å². The SMILES string of the molecule is O=C(NCc1ccc(S(=O)(=O)c2cccc3c2OC2CCCCC32C2CCCCCCCC2)cc1)c1cnc2[nH]ncc2c1. The number of sulfone groups is 1. The van der Waals surface area contributed by atoms with Crippen LogP contribution in [0.1, 0.15) is 98.5 Å². The molecule has 44 heavy (non-hydrogen) atoms. The molecule has 2 aromatic carbocycles. The summed E-state index contributed by atoms with van der Waals surface area (Å²) in [5, 5.41) is 10.4. The average molecular weight is 613 g/mol. The second kappa shape index (κ2) is 12.0. The number of carbonyl (C=O) groups is 1. The number of hydrogen-bond acceptors (Lipinski definition) is 6. The summed E-state index contributed by atoms with van der Waals surface area (Å²) in [6.07, 6.45) is 17.6. The summed E-state index contributed by atoms with van der Waals surface area (Å²) in [7, 11) is -3.82. The van der Waals surface area contributed by atoms with E-state index in [1.165, 1.54) is 64.0 Å². The van der Waals surface area contributed by atoms with Crippen LogP contribution in [-0.4, -0.2) is 35.6 Å². The van der Waals surface area contributed by atoms with Gasteiger partial charge in [-0.2, -0.15) is 5.10 Å². The lowest BCUT2D eigenvalue weighted by atomic mass is 9.59. The highest BCUT2D eigenvalue weighted by molar-refractivity contribution is 7.91. The van der Waals surface area contributed by atoms with E-state index in [4.69, 9.17) is 4.74 Å². The monoisotopic (exact) mass is 612 g/mol. The van der Waals surface area contributed by atoms with Crippen LogP contribution in [0.3, 0.4) is 0 Å². The molecular weight excluding hydrogens is 572 g/mol. The van der Waals surface area contributed by atoms with Crippen molar-refractivity contribution in [2.45, 2.75) is 105 Å². The Morgan fingerprint density at radius 2 is 1.68 bits per heavy atom. The van der Waals surface area contributed by atoms with Gasteiger partial charge in [-0.15, -0.1) is 0 Å². The molecule has 0 bridgehead atoms.